The molecule has 2 rings (SSSR count). The third-order valence-electron chi connectivity index (χ3n) is 3.63. The van der Waals surface area contributed by atoms with Crippen LogP contribution < -0.4 is 10.6 Å². The minimum atomic E-state index is 0.593. The van der Waals surface area contributed by atoms with Crippen LogP contribution in [0.3, 0.4) is 0 Å². The third-order valence-corrected chi connectivity index (χ3v) is 3.63. The molecule has 0 unspecified atom stereocenters. The van der Waals surface area contributed by atoms with Crippen LogP contribution in [0.15, 0.2) is 41.7 Å². The van der Waals surface area contributed by atoms with Crippen LogP contribution in [-0.4, -0.2) is 29.1 Å². The monoisotopic (exact) mass is 313 g/mol. The van der Waals surface area contributed by atoms with Crippen LogP contribution in [0.25, 0.3) is 0 Å². The van der Waals surface area contributed by atoms with E-state index >= 15 is 0 Å². The van der Waals surface area contributed by atoms with Gasteiger partial charge in [0.05, 0.1) is 0 Å². The van der Waals surface area contributed by atoms with Crippen molar-refractivity contribution >= 4 is 5.96 Å². The van der Waals surface area contributed by atoms with Gasteiger partial charge in [-0.15, -0.1) is 0 Å². The lowest BCUT2D eigenvalue weighted by Gasteiger charge is -2.14. The fourth-order valence-electron chi connectivity index (χ4n) is 2.31. The van der Waals surface area contributed by atoms with Gasteiger partial charge in [0.15, 0.2) is 5.96 Å². The Labute approximate surface area is 138 Å². The summed E-state index contributed by atoms with van der Waals surface area (Å²) in [7, 11) is 1.80. The number of nitrogens with zero attached hydrogens (tertiary/aromatic N) is 3. The van der Waals surface area contributed by atoms with Crippen molar-refractivity contribution in [3.8, 4) is 0 Å². The Kier molecular flexibility index (Phi) is 6.20. The molecule has 0 bridgehead atoms. The van der Waals surface area contributed by atoms with Crippen LogP contribution >= 0.6 is 0 Å². The topological polar surface area (TPSA) is 54.2 Å². The molecular weight excluding hydrogens is 286 g/mol. The van der Waals surface area contributed by atoms with Gasteiger partial charge in [-0.1, -0.05) is 38.1 Å². The lowest BCUT2D eigenvalue weighted by atomic mass is 10.1. The zero-order valence-electron chi connectivity index (χ0n) is 14.5. The summed E-state index contributed by atoms with van der Waals surface area (Å²) in [4.78, 5) is 8.52. The Balaban J connectivity index is 1.93. The van der Waals surface area contributed by atoms with Gasteiger partial charge in [-0.3, -0.25) is 4.99 Å². The fourth-order valence-corrected chi connectivity index (χ4v) is 2.31. The number of aryl methyl sites for hydroxylation is 1. The Morgan fingerprint density at radius 3 is 2.70 bits per heavy atom. The molecule has 5 nitrogen and oxygen atoms in total. The summed E-state index contributed by atoms with van der Waals surface area (Å²) >= 11 is 0. The number of hydrogen-bond donors (Lipinski definition) is 2. The van der Waals surface area contributed by atoms with E-state index in [1.165, 1.54) is 11.1 Å². The Morgan fingerprint density at radius 1 is 1.26 bits per heavy atom. The van der Waals surface area contributed by atoms with E-state index in [2.05, 4.69) is 63.3 Å². The largest absolute Gasteiger partial charge is 0.356 e. The van der Waals surface area contributed by atoms with Crippen LogP contribution in [0, 0.1) is 12.8 Å². The summed E-state index contributed by atoms with van der Waals surface area (Å²) in [6, 6.07) is 8.60. The smallest absolute Gasteiger partial charge is 0.191 e. The van der Waals surface area contributed by atoms with Gasteiger partial charge in [-0.2, -0.15) is 0 Å². The van der Waals surface area contributed by atoms with Gasteiger partial charge in [0.2, 0.25) is 0 Å². The first-order chi connectivity index (χ1) is 11.1. The second-order valence-electron chi connectivity index (χ2n) is 6.12. The van der Waals surface area contributed by atoms with Crippen LogP contribution in [0.2, 0.25) is 0 Å². The standard InChI is InChI=1S/C18H27N5/c1-14(2)11-21-18(19-4)22-12-16-6-5-7-17(10-16)13-23-9-8-20-15(23)3/h5-10,14H,11-13H2,1-4H3,(H2,19,21,22). The highest BCUT2D eigenvalue weighted by molar-refractivity contribution is 5.79. The van der Waals surface area contributed by atoms with Gasteiger partial charge in [0.1, 0.15) is 5.82 Å². The predicted molar refractivity (Wildman–Crippen MR) is 95.5 cm³/mol. The molecule has 0 amide bonds. The average Bonchev–Trinajstić information content (AvgIpc) is 2.93. The van der Waals surface area contributed by atoms with E-state index in [1.807, 2.05) is 19.3 Å². The van der Waals surface area contributed by atoms with E-state index < -0.39 is 0 Å². The highest BCUT2D eigenvalue weighted by Crippen LogP contribution is 2.08. The molecule has 1 aromatic carbocycles. The van der Waals surface area contributed by atoms with E-state index in [1.54, 1.807) is 7.05 Å². The van der Waals surface area contributed by atoms with Crippen molar-refractivity contribution in [2.45, 2.75) is 33.9 Å². The number of guanidine groups is 1. The summed E-state index contributed by atoms with van der Waals surface area (Å²) in [6.45, 7) is 8.91. The van der Waals surface area contributed by atoms with Crippen molar-refractivity contribution < 1.29 is 0 Å². The summed E-state index contributed by atoms with van der Waals surface area (Å²) < 4.78 is 2.15. The van der Waals surface area contributed by atoms with Crippen molar-refractivity contribution in [2.75, 3.05) is 13.6 Å². The quantitative estimate of drug-likeness (QED) is 0.636. The van der Waals surface area contributed by atoms with E-state index in [9.17, 15) is 0 Å². The zero-order chi connectivity index (χ0) is 16.7. The maximum Gasteiger partial charge on any atom is 0.191 e. The summed E-state index contributed by atoms with van der Waals surface area (Å²) in [5, 5.41) is 6.68. The SMILES string of the molecule is CN=C(NCc1cccc(Cn2ccnc2C)c1)NCC(C)C. The minimum absolute atomic E-state index is 0.593. The molecule has 2 aromatic rings. The highest BCUT2D eigenvalue weighted by atomic mass is 15.2. The van der Waals surface area contributed by atoms with Gasteiger partial charge >= 0.3 is 0 Å². The van der Waals surface area contributed by atoms with Gasteiger partial charge < -0.3 is 15.2 Å². The molecule has 0 radical (unpaired) electrons. The highest BCUT2D eigenvalue weighted by Gasteiger charge is 2.02. The number of imidazole rings is 1. The lowest BCUT2D eigenvalue weighted by Crippen LogP contribution is -2.38. The molecule has 0 fully saturated rings. The van der Waals surface area contributed by atoms with Crippen LogP contribution in [-0.2, 0) is 13.1 Å². The molecule has 0 saturated carbocycles. The minimum Gasteiger partial charge on any atom is -0.356 e. The first-order valence-electron chi connectivity index (χ1n) is 8.08. The van der Waals surface area contributed by atoms with Crippen molar-refractivity contribution in [2.24, 2.45) is 10.9 Å². The van der Waals surface area contributed by atoms with Crippen molar-refractivity contribution in [3.05, 3.63) is 53.6 Å². The third kappa shape index (κ3) is 5.43. The maximum atomic E-state index is 4.27. The van der Waals surface area contributed by atoms with Crippen molar-refractivity contribution in [3.63, 3.8) is 0 Å². The first kappa shape index (κ1) is 17.1. The fraction of sp³-hybridized carbons (Fsp3) is 0.444. The molecular formula is C18H27N5. The average molecular weight is 313 g/mol. The molecule has 23 heavy (non-hydrogen) atoms. The molecule has 0 aliphatic rings. The number of aliphatic imine (C=N–C) groups is 1. The summed E-state index contributed by atoms with van der Waals surface area (Å²) in [5.41, 5.74) is 2.52. The second kappa shape index (κ2) is 8.36. The molecule has 1 heterocycles. The number of nitrogens with one attached hydrogen (secondary N) is 2. The molecule has 0 spiro atoms. The molecule has 1 aromatic heterocycles. The number of aromatic nitrogens is 2. The van der Waals surface area contributed by atoms with Crippen LogP contribution in [0.5, 0.6) is 0 Å². The molecule has 5 heteroatoms. The summed E-state index contributed by atoms with van der Waals surface area (Å²) in [6.07, 6.45) is 3.85. The van der Waals surface area contributed by atoms with Gasteiger partial charge in [-0.25, -0.2) is 4.98 Å². The molecule has 0 atom stereocenters. The number of hydrogen-bond acceptors (Lipinski definition) is 2. The first-order valence-corrected chi connectivity index (χ1v) is 8.08. The number of benzene rings is 1. The number of rotatable bonds is 6. The van der Waals surface area contributed by atoms with Crippen LogP contribution in [0.4, 0.5) is 0 Å². The Morgan fingerprint density at radius 2 is 2.04 bits per heavy atom. The van der Waals surface area contributed by atoms with Gasteiger partial charge in [0.25, 0.3) is 0 Å². The van der Waals surface area contributed by atoms with E-state index in [0.29, 0.717) is 5.92 Å². The molecule has 2 N–H and O–H groups in total. The molecule has 0 saturated heterocycles. The van der Waals surface area contributed by atoms with E-state index in [0.717, 1.165) is 31.4 Å². The Bertz CT molecular complexity index is 642. The maximum absolute atomic E-state index is 4.27. The van der Waals surface area contributed by atoms with Gasteiger partial charge in [0, 0.05) is 39.1 Å². The Hall–Kier alpha value is -2.30. The molecule has 0 aliphatic carbocycles. The van der Waals surface area contributed by atoms with Crippen molar-refractivity contribution in [1.29, 1.82) is 0 Å². The predicted octanol–water partition coefficient (Wildman–Crippen LogP) is 2.56. The van der Waals surface area contributed by atoms with Crippen molar-refractivity contribution in [1.82, 2.24) is 20.2 Å². The zero-order valence-corrected chi connectivity index (χ0v) is 14.5. The normalized spacial score (nSPS) is 11.8. The molecule has 124 valence electrons. The molecule has 0 aliphatic heterocycles. The van der Waals surface area contributed by atoms with Gasteiger partial charge in [-0.05, 0) is 24.0 Å². The lowest BCUT2D eigenvalue weighted by molar-refractivity contribution is 0.614. The van der Waals surface area contributed by atoms with Crippen LogP contribution in [0.1, 0.15) is 30.8 Å². The van der Waals surface area contributed by atoms with E-state index in [4.69, 9.17) is 0 Å². The summed E-state index contributed by atoms with van der Waals surface area (Å²) in [5.74, 6) is 2.47. The van der Waals surface area contributed by atoms with E-state index in [-0.39, 0.29) is 0 Å². The second-order valence-corrected chi connectivity index (χ2v) is 6.12.